The fourth-order valence-electron chi connectivity index (χ4n) is 2.45. The van der Waals surface area contributed by atoms with Crippen LogP contribution in [0.2, 0.25) is 0 Å². The molecule has 0 atom stereocenters. The van der Waals surface area contributed by atoms with Gasteiger partial charge in [0.15, 0.2) is 5.82 Å². The van der Waals surface area contributed by atoms with E-state index in [1.807, 2.05) is 27.7 Å². The molecule has 0 saturated carbocycles. The first-order valence-corrected chi connectivity index (χ1v) is 7.04. The molecule has 0 saturated heterocycles. The molecule has 2 aromatic heterocycles. The van der Waals surface area contributed by atoms with Crippen molar-refractivity contribution < 1.29 is 9.53 Å². The van der Waals surface area contributed by atoms with Crippen LogP contribution in [0, 0.1) is 0 Å². The monoisotopic (exact) mass is 292 g/mol. The van der Waals surface area contributed by atoms with E-state index >= 15 is 0 Å². The van der Waals surface area contributed by atoms with Crippen LogP contribution in [-0.2, 0) is 24.4 Å². The van der Waals surface area contributed by atoms with Gasteiger partial charge in [-0.1, -0.05) is 0 Å². The number of aromatic nitrogens is 5. The Morgan fingerprint density at radius 1 is 1.38 bits per heavy atom. The lowest BCUT2D eigenvalue weighted by Gasteiger charge is -2.24. The van der Waals surface area contributed by atoms with Crippen molar-refractivity contribution in [3.05, 3.63) is 11.4 Å². The molecule has 1 amide bonds. The molecule has 0 bridgehead atoms. The van der Waals surface area contributed by atoms with Gasteiger partial charge in [-0.2, -0.15) is 0 Å². The summed E-state index contributed by atoms with van der Waals surface area (Å²) in [6.07, 6.45) is -0.300. The first-order chi connectivity index (χ1) is 9.89. The minimum absolute atomic E-state index is 0.300. The molecule has 8 heteroatoms. The molecule has 0 radical (unpaired) electrons. The van der Waals surface area contributed by atoms with Gasteiger partial charge in [-0.3, -0.25) is 10.00 Å². The highest BCUT2D eigenvalue weighted by molar-refractivity contribution is 5.69. The summed E-state index contributed by atoms with van der Waals surface area (Å²) in [5.74, 6) is 1.54. The number of fused-ring (bicyclic) bond motifs is 1. The average molecular weight is 292 g/mol. The maximum Gasteiger partial charge on any atom is 0.410 e. The van der Waals surface area contributed by atoms with Gasteiger partial charge in [-0.05, 0) is 27.7 Å². The highest BCUT2D eigenvalue weighted by atomic mass is 16.6. The van der Waals surface area contributed by atoms with Crippen LogP contribution in [0.25, 0.3) is 11.6 Å². The van der Waals surface area contributed by atoms with E-state index in [4.69, 9.17) is 4.74 Å². The molecule has 2 aromatic rings. The molecule has 1 aliphatic rings. The highest BCUT2D eigenvalue weighted by Crippen LogP contribution is 2.28. The molecule has 0 unspecified atom stereocenters. The Balaban J connectivity index is 1.80. The third kappa shape index (κ3) is 2.41. The van der Waals surface area contributed by atoms with E-state index in [0.29, 0.717) is 13.1 Å². The Hall–Kier alpha value is -2.25. The number of hydrogen-bond donors (Lipinski definition) is 2. The zero-order chi connectivity index (χ0) is 15.2. The molecule has 8 nitrogen and oxygen atoms in total. The molecule has 21 heavy (non-hydrogen) atoms. The molecule has 1 aliphatic heterocycles. The summed E-state index contributed by atoms with van der Waals surface area (Å²) in [6, 6.07) is 0. The van der Waals surface area contributed by atoms with Gasteiger partial charge < -0.3 is 9.30 Å². The molecule has 0 spiro atoms. The zero-order valence-corrected chi connectivity index (χ0v) is 12.7. The largest absolute Gasteiger partial charge is 0.444 e. The maximum atomic E-state index is 12.1. The second-order valence-corrected chi connectivity index (χ2v) is 6.11. The number of imidazole rings is 1. The van der Waals surface area contributed by atoms with E-state index in [1.54, 1.807) is 4.90 Å². The normalized spacial score (nSPS) is 14.6. The number of ether oxygens (including phenoxy) is 1. The second-order valence-electron chi connectivity index (χ2n) is 6.11. The average Bonchev–Trinajstić information content (AvgIpc) is 2.81. The van der Waals surface area contributed by atoms with E-state index in [0.717, 1.165) is 29.6 Å². The SMILES string of the molecule is CCn1c(-c2n[nH][nH]2)nc2c1CN(C(=O)OC(C)(C)C)C2. The number of nitrogens with one attached hydrogen (secondary N) is 2. The van der Waals surface area contributed by atoms with Crippen molar-refractivity contribution in [1.29, 1.82) is 0 Å². The summed E-state index contributed by atoms with van der Waals surface area (Å²) in [5, 5.41) is 9.56. The number of hydrogen-bond acceptors (Lipinski definition) is 4. The van der Waals surface area contributed by atoms with Crippen LogP contribution in [-0.4, -0.2) is 41.6 Å². The van der Waals surface area contributed by atoms with Crippen LogP contribution in [0.1, 0.15) is 39.1 Å². The lowest BCUT2D eigenvalue weighted by Crippen LogP contribution is -2.33. The molecule has 3 rings (SSSR count). The van der Waals surface area contributed by atoms with Crippen molar-refractivity contribution in [3.8, 4) is 11.6 Å². The molecule has 2 N–H and O–H groups in total. The molecule has 0 aliphatic carbocycles. The summed E-state index contributed by atoms with van der Waals surface area (Å²) in [5.41, 5.74) is 1.48. The fraction of sp³-hybridized carbons (Fsp3) is 0.615. The van der Waals surface area contributed by atoms with Gasteiger partial charge in [0.1, 0.15) is 5.60 Å². The Morgan fingerprint density at radius 3 is 2.62 bits per heavy atom. The van der Waals surface area contributed by atoms with Gasteiger partial charge in [-0.15, -0.1) is 5.10 Å². The minimum Gasteiger partial charge on any atom is -0.444 e. The third-order valence-corrected chi connectivity index (χ3v) is 3.36. The van der Waals surface area contributed by atoms with Gasteiger partial charge in [0, 0.05) is 6.54 Å². The van der Waals surface area contributed by atoms with Crippen molar-refractivity contribution in [2.24, 2.45) is 0 Å². The molecule has 114 valence electrons. The van der Waals surface area contributed by atoms with Crippen LogP contribution in [0.5, 0.6) is 0 Å². The topological polar surface area (TPSA) is 91.8 Å². The summed E-state index contributed by atoms with van der Waals surface area (Å²) in [7, 11) is 0. The van der Waals surface area contributed by atoms with Gasteiger partial charge in [0.2, 0.25) is 5.82 Å². The zero-order valence-electron chi connectivity index (χ0n) is 12.7. The number of nitrogens with zero attached hydrogens (tertiary/aromatic N) is 4. The number of carbonyl (C=O) groups excluding carboxylic acids is 1. The van der Waals surface area contributed by atoms with Gasteiger partial charge in [0.25, 0.3) is 0 Å². The molecular weight excluding hydrogens is 272 g/mol. The number of rotatable bonds is 2. The standard InChI is InChI=1S/C13H20N6O2/c1-5-19-9-7-18(12(20)21-13(2,3)4)6-8(9)14-11(19)10-15-17-16-10/h17H,5-7H2,1-4H3,(H,15,16). The maximum absolute atomic E-state index is 12.1. The Kier molecular flexibility index (Phi) is 3.03. The van der Waals surface area contributed by atoms with Gasteiger partial charge >= 0.3 is 6.09 Å². The summed E-state index contributed by atoms with van der Waals surface area (Å²) >= 11 is 0. The smallest absolute Gasteiger partial charge is 0.410 e. The van der Waals surface area contributed by atoms with Gasteiger partial charge in [-0.25, -0.2) is 15.0 Å². The molecule has 0 aromatic carbocycles. The quantitative estimate of drug-likeness (QED) is 0.884. The van der Waals surface area contributed by atoms with Crippen LogP contribution in [0.3, 0.4) is 0 Å². The van der Waals surface area contributed by atoms with E-state index < -0.39 is 5.60 Å². The van der Waals surface area contributed by atoms with Crippen molar-refractivity contribution in [2.75, 3.05) is 0 Å². The van der Waals surface area contributed by atoms with Crippen LogP contribution in [0.4, 0.5) is 4.79 Å². The summed E-state index contributed by atoms with van der Waals surface area (Å²) in [4.78, 5) is 18.4. The van der Waals surface area contributed by atoms with E-state index in [-0.39, 0.29) is 6.09 Å². The third-order valence-electron chi connectivity index (χ3n) is 3.36. The van der Waals surface area contributed by atoms with Crippen LogP contribution in [0.15, 0.2) is 0 Å². The van der Waals surface area contributed by atoms with Gasteiger partial charge in [0.05, 0.1) is 24.5 Å². The Morgan fingerprint density at radius 2 is 2.10 bits per heavy atom. The van der Waals surface area contributed by atoms with Crippen LogP contribution < -0.4 is 0 Å². The van der Waals surface area contributed by atoms with Crippen molar-refractivity contribution in [2.45, 2.75) is 52.9 Å². The van der Waals surface area contributed by atoms with E-state index in [9.17, 15) is 4.79 Å². The van der Waals surface area contributed by atoms with Crippen molar-refractivity contribution in [1.82, 2.24) is 29.9 Å². The fourth-order valence-corrected chi connectivity index (χ4v) is 2.45. The second kappa shape index (κ2) is 4.64. The number of aromatic amines is 2. The summed E-state index contributed by atoms with van der Waals surface area (Å²) in [6.45, 7) is 9.42. The lowest BCUT2D eigenvalue weighted by atomic mass is 10.2. The molecule has 3 heterocycles. The van der Waals surface area contributed by atoms with Crippen molar-refractivity contribution >= 4 is 6.09 Å². The number of H-pyrrole nitrogens is 2. The highest BCUT2D eigenvalue weighted by Gasteiger charge is 2.32. The molecule has 0 fully saturated rings. The predicted molar refractivity (Wildman–Crippen MR) is 75.3 cm³/mol. The lowest BCUT2D eigenvalue weighted by molar-refractivity contribution is 0.0237. The van der Waals surface area contributed by atoms with Crippen LogP contribution >= 0.6 is 0 Å². The minimum atomic E-state index is -0.487. The number of carbonyl (C=O) groups is 1. The Labute approximate surface area is 122 Å². The summed E-state index contributed by atoms with van der Waals surface area (Å²) < 4.78 is 7.49. The van der Waals surface area contributed by atoms with E-state index in [2.05, 4.69) is 25.0 Å². The first-order valence-electron chi connectivity index (χ1n) is 7.04. The Bertz CT molecular complexity index is 650. The van der Waals surface area contributed by atoms with Crippen molar-refractivity contribution in [3.63, 3.8) is 0 Å². The predicted octanol–water partition coefficient (Wildman–Crippen LogP) is 1.87. The first kappa shape index (κ1) is 13.7. The van der Waals surface area contributed by atoms with E-state index in [1.165, 1.54) is 0 Å². The number of amides is 1. The molecular formula is C13H20N6O2.